The van der Waals surface area contributed by atoms with Crippen molar-refractivity contribution >= 4 is 34.0 Å². The summed E-state index contributed by atoms with van der Waals surface area (Å²) < 4.78 is 5.76. The summed E-state index contributed by atoms with van der Waals surface area (Å²) in [6.07, 6.45) is 0.955. The topological polar surface area (TPSA) is 47.0 Å². The van der Waals surface area contributed by atoms with Gasteiger partial charge in [0, 0.05) is 5.39 Å². The number of nitrogens with one attached hydrogen (secondary N) is 1. The number of fused-ring (bicyclic) bond motifs is 1. The average molecular weight is 314 g/mol. The Morgan fingerprint density at radius 3 is 2.68 bits per heavy atom. The molecule has 1 heterocycles. The van der Waals surface area contributed by atoms with Gasteiger partial charge < -0.3 is 10.1 Å². The molecule has 0 aliphatic heterocycles. The van der Waals surface area contributed by atoms with Crippen LogP contribution in [0.5, 0.6) is 5.75 Å². The fourth-order valence-corrected chi connectivity index (χ4v) is 2.35. The largest absolute Gasteiger partial charge is 0.491 e. The summed E-state index contributed by atoms with van der Waals surface area (Å²) in [5.41, 5.74) is 1.66. The van der Waals surface area contributed by atoms with E-state index in [-0.39, 0.29) is 5.28 Å². The second kappa shape index (κ2) is 6.62. The predicted octanol–water partition coefficient (Wildman–Crippen LogP) is 4.82. The van der Waals surface area contributed by atoms with Crippen LogP contribution in [0.4, 0.5) is 11.5 Å². The minimum absolute atomic E-state index is 0.216. The van der Waals surface area contributed by atoms with Gasteiger partial charge in [-0.25, -0.2) is 4.98 Å². The highest BCUT2D eigenvalue weighted by atomic mass is 35.5. The van der Waals surface area contributed by atoms with Gasteiger partial charge in [0.25, 0.3) is 0 Å². The first-order chi connectivity index (χ1) is 10.8. The van der Waals surface area contributed by atoms with Gasteiger partial charge in [0.05, 0.1) is 17.8 Å². The van der Waals surface area contributed by atoms with Gasteiger partial charge in [-0.1, -0.05) is 31.2 Å². The lowest BCUT2D eigenvalue weighted by Crippen LogP contribution is -2.01. The lowest BCUT2D eigenvalue weighted by molar-refractivity contribution is 0.319. The van der Waals surface area contributed by atoms with Gasteiger partial charge in [-0.15, -0.1) is 0 Å². The number of hydrogen-bond donors (Lipinski definition) is 1. The maximum absolute atomic E-state index is 6.02. The molecule has 0 radical (unpaired) electrons. The zero-order valence-electron chi connectivity index (χ0n) is 12.2. The van der Waals surface area contributed by atoms with Gasteiger partial charge in [0.15, 0.2) is 0 Å². The third-order valence-corrected chi connectivity index (χ3v) is 3.35. The minimum atomic E-state index is 0.216. The van der Waals surface area contributed by atoms with Crippen LogP contribution >= 0.6 is 11.6 Å². The highest BCUT2D eigenvalue weighted by molar-refractivity contribution is 6.28. The Morgan fingerprint density at radius 2 is 1.82 bits per heavy atom. The van der Waals surface area contributed by atoms with Crippen molar-refractivity contribution in [3.8, 4) is 5.75 Å². The van der Waals surface area contributed by atoms with Crippen LogP contribution in [-0.2, 0) is 0 Å². The molecule has 3 aromatic rings. The van der Waals surface area contributed by atoms with Crippen molar-refractivity contribution in [2.75, 3.05) is 11.9 Å². The zero-order chi connectivity index (χ0) is 15.4. The van der Waals surface area contributed by atoms with Crippen LogP contribution in [0.2, 0.25) is 5.28 Å². The summed E-state index contributed by atoms with van der Waals surface area (Å²) in [5.74, 6) is 1.46. The van der Waals surface area contributed by atoms with Crippen molar-refractivity contribution in [2.45, 2.75) is 13.3 Å². The van der Waals surface area contributed by atoms with E-state index in [1.54, 1.807) is 0 Å². The molecule has 0 aliphatic carbocycles. The second-order valence-electron chi connectivity index (χ2n) is 4.83. The molecule has 0 amide bonds. The number of benzene rings is 2. The Hall–Kier alpha value is -2.33. The number of rotatable bonds is 5. The number of aromatic nitrogens is 2. The summed E-state index contributed by atoms with van der Waals surface area (Å²) in [6, 6.07) is 15.5. The quantitative estimate of drug-likeness (QED) is 0.686. The lowest BCUT2D eigenvalue weighted by Gasteiger charge is -2.13. The normalized spacial score (nSPS) is 10.6. The number of nitrogens with zero attached hydrogens (tertiary/aromatic N) is 2. The Bertz CT molecular complexity index is 792. The van der Waals surface area contributed by atoms with E-state index in [9.17, 15) is 0 Å². The molecular weight excluding hydrogens is 298 g/mol. The van der Waals surface area contributed by atoms with Gasteiger partial charge >= 0.3 is 0 Å². The molecule has 1 aromatic heterocycles. The molecule has 5 heteroatoms. The first-order valence-electron chi connectivity index (χ1n) is 7.19. The monoisotopic (exact) mass is 313 g/mol. The van der Waals surface area contributed by atoms with E-state index in [2.05, 4.69) is 22.2 Å². The van der Waals surface area contributed by atoms with Gasteiger partial charge in [-0.3, -0.25) is 0 Å². The van der Waals surface area contributed by atoms with Gasteiger partial charge in [0.1, 0.15) is 11.6 Å². The number of para-hydroxylation sites is 3. The zero-order valence-corrected chi connectivity index (χ0v) is 13.0. The first-order valence-corrected chi connectivity index (χ1v) is 7.57. The van der Waals surface area contributed by atoms with E-state index in [0.29, 0.717) is 12.4 Å². The van der Waals surface area contributed by atoms with E-state index in [1.807, 2.05) is 48.5 Å². The highest BCUT2D eigenvalue weighted by Gasteiger charge is 2.09. The van der Waals surface area contributed by atoms with E-state index >= 15 is 0 Å². The Morgan fingerprint density at radius 1 is 1.05 bits per heavy atom. The third-order valence-electron chi connectivity index (χ3n) is 3.18. The molecule has 0 unspecified atom stereocenters. The second-order valence-corrected chi connectivity index (χ2v) is 5.17. The molecule has 22 heavy (non-hydrogen) atoms. The standard InChI is InChI=1S/C17H16ClN3O/c1-2-11-22-15-10-6-5-9-14(15)19-16-12-7-3-4-8-13(12)20-17(18)21-16/h3-10H,2,11H2,1H3,(H,19,20,21). The summed E-state index contributed by atoms with van der Waals surface area (Å²) >= 11 is 6.02. The molecular formula is C17H16ClN3O. The SMILES string of the molecule is CCCOc1ccccc1Nc1nc(Cl)nc2ccccc12. The van der Waals surface area contributed by atoms with Crippen molar-refractivity contribution in [3.63, 3.8) is 0 Å². The maximum atomic E-state index is 6.02. The summed E-state index contributed by atoms with van der Waals surface area (Å²) in [6.45, 7) is 2.75. The molecule has 0 aliphatic rings. The van der Waals surface area contributed by atoms with E-state index in [4.69, 9.17) is 16.3 Å². The minimum Gasteiger partial charge on any atom is -0.491 e. The van der Waals surface area contributed by atoms with Crippen molar-refractivity contribution in [1.29, 1.82) is 0 Å². The number of halogens is 1. The Balaban J connectivity index is 2.00. The van der Waals surface area contributed by atoms with Crippen LogP contribution in [0.1, 0.15) is 13.3 Å². The first kappa shape index (κ1) is 14.6. The van der Waals surface area contributed by atoms with E-state index < -0.39 is 0 Å². The molecule has 0 bridgehead atoms. The Kier molecular flexibility index (Phi) is 4.39. The van der Waals surface area contributed by atoms with Gasteiger partial charge in [-0.2, -0.15) is 4.98 Å². The van der Waals surface area contributed by atoms with Crippen molar-refractivity contribution in [1.82, 2.24) is 9.97 Å². The molecule has 0 saturated heterocycles. The van der Waals surface area contributed by atoms with Crippen LogP contribution in [-0.4, -0.2) is 16.6 Å². The third kappa shape index (κ3) is 3.12. The smallest absolute Gasteiger partial charge is 0.224 e. The van der Waals surface area contributed by atoms with Crippen LogP contribution in [0.15, 0.2) is 48.5 Å². The van der Waals surface area contributed by atoms with Gasteiger partial charge in [-0.05, 0) is 42.3 Å². The number of anilines is 2. The van der Waals surface area contributed by atoms with Crippen LogP contribution in [0, 0.1) is 0 Å². The molecule has 2 aromatic carbocycles. The van der Waals surface area contributed by atoms with Crippen LogP contribution in [0.3, 0.4) is 0 Å². The van der Waals surface area contributed by atoms with E-state index in [0.717, 1.165) is 28.8 Å². The summed E-state index contributed by atoms with van der Waals surface area (Å²) in [7, 11) is 0. The molecule has 1 N–H and O–H groups in total. The molecule has 0 atom stereocenters. The average Bonchev–Trinajstić information content (AvgIpc) is 2.54. The predicted molar refractivity (Wildman–Crippen MR) is 90.1 cm³/mol. The molecule has 112 valence electrons. The number of ether oxygens (including phenoxy) is 1. The molecule has 0 saturated carbocycles. The van der Waals surface area contributed by atoms with Crippen LogP contribution < -0.4 is 10.1 Å². The highest BCUT2D eigenvalue weighted by Crippen LogP contribution is 2.30. The summed E-state index contributed by atoms with van der Waals surface area (Å²) in [4.78, 5) is 8.54. The lowest BCUT2D eigenvalue weighted by atomic mass is 10.2. The molecule has 3 rings (SSSR count). The van der Waals surface area contributed by atoms with Crippen molar-refractivity contribution < 1.29 is 4.74 Å². The number of hydrogen-bond acceptors (Lipinski definition) is 4. The summed E-state index contributed by atoms with van der Waals surface area (Å²) in [5, 5.41) is 4.43. The fourth-order valence-electron chi connectivity index (χ4n) is 2.18. The van der Waals surface area contributed by atoms with Gasteiger partial charge in [0.2, 0.25) is 5.28 Å². The maximum Gasteiger partial charge on any atom is 0.224 e. The van der Waals surface area contributed by atoms with E-state index in [1.165, 1.54) is 0 Å². The molecule has 4 nitrogen and oxygen atoms in total. The fraction of sp³-hybridized carbons (Fsp3) is 0.176. The Labute approximate surface area is 134 Å². The molecule has 0 spiro atoms. The van der Waals surface area contributed by atoms with Crippen molar-refractivity contribution in [3.05, 3.63) is 53.8 Å². The molecule has 0 fully saturated rings. The van der Waals surface area contributed by atoms with Crippen LogP contribution in [0.25, 0.3) is 10.9 Å². The van der Waals surface area contributed by atoms with Crippen molar-refractivity contribution in [2.24, 2.45) is 0 Å².